The summed E-state index contributed by atoms with van der Waals surface area (Å²) < 4.78 is 0. The number of thiophene rings is 1. The lowest BCUT2D eigenvalue weighted by Crippen LogP contribution is -2.22. The minimum Gasteiger partial charge on any atom is -0.478 e. The van der Waals surface area contributed by atoms with Crippen LogP contribution in [0.5, 0.6) is 0 Å². The molecule has 1 aromatic heterocycles. The second-order valence-electron chi connectivity index (χ2n) is 3.51. The molecule has 0 aliphatic carbocycles. The Kier molecular flexibility index (Phi) is 4.49. The smallest absolute Gasteiger partial charge is 0.338 e. The molecule has 0 fully saturated rings. The Morgan fingerprint density at radius 3 is 2.50 bits per heavy atom. The Bertz CT molecular complexity index is 382. The number of nitrogens with one attached hydrogen (secondary N) is 1. The number of carbonyl (C=O) groups excluding carboxylic acids is 1. The maximum Gasteiger partial charge on any atom is 0.338 e. The molecule has 4 nitrogen and oxygen atoms in total. The fourth-order valence-corrected chi connectivity index (χ4v) is 2.21. The zero-order valence-corrected chi connectivity index (χ0v) is 10.1. The summed E-state index contributed by atoms with van der Waals surface area (Å²) in [6.45, 7) is 3.89. The van der Waals surface area contributed by atoms with Crippen molar-refractivity contribution in [2.75, 3.05) is 5.32 Å². The molecular formula is C11H15NO3S. The van der Waals surface area contributed by atoms with Crippen molar-refractivity contribution in [2.24, 2.45) is 5.92 Å². The summed E-state index contributed by atoms with van der Waals surface area (Å²) >= 11 is 1.27. The van der Waals surface area contributed by atoms with Crippen molar-refractivity contribution in [3.8, 4) is 0 Å². The minimum absolute atomic E-state index is 0.0541. The Morgan fingerprint density at radius 2 is 2.00 bits per heavy atom. The van der Waals surface area contributed by atoms with Crippen molar-refractivity contribution >= 4 is 28.9 Å². The van der Waals surface area contributed by atoms with Crippen molar-refractivity contribution in [3.63, 3.8) is 0 Å². The van der Waals surface area contributed by atoms with Crippen LogP contribution in [0, 0.1) is 5.92 Å². The van der Waals surface area contributed by atoms with Gasteiger partial charge in [-0.2, -0.15) is 0 Å². The van der Waals surface area contributed by atoms with Gasteiger partial charge in [-0.05, 0) is 12.8 Å². The molecule has 0 atom stereocenters. The third-order valence-electron chi connectivity index (χ3n) is 2.51. The number of hydrogen-bond donors (Lipinski definition) is 2. The summed E-state index contributed by atoms with van der Waals surface area (Å²) in [7, 11) is 0. The molecule has 1 aromatic rings. The molecule has 0 radical (unpaired) electrons. The minimum atomic E-state index is -1.01. The number of hydrogen-bond acceptors (Lipinski definition) is 3. The molecular weight excluding hydrogens is 226 g/mol. The number of aromatic carboxylic acids is 1. The molecule has 0 aliphatic heterocycles. The molecule has 1 heterocycles. The summed E-state index contributed by atoms with van der Waals surface area (Å²) in [5, 5.41) is 14.7. The first kappa shape index (κ1) is 12.7. The highest BCUT2D eigenvalue weighted by molar-refractivity contribution is 7.08. The van der Waals surface area contributed by atoms with Gasteiger partial charge in [-0.1, -0.05) is 13.8 Å². The molecule has 5 heteroatoms. The molecule has 0 saturated heterocycles. The van der Waals surface area contributed by atoms with E-state index in [-0.39, 0.29) is 17.4 Å². The van der Waals surface area contributed by atoms with Gasteiger partial charge in [0.1, 0.15) is 0 Å². The summed E-state index contributed by atoms with van der Waals surface area (Å²) in [6, 6.07) is 0. The van der Waals surface area contributed by atoms with Crippen LogP contribution in [0.1, 0.15) is 37.0 Å². The lowest BCUT2D eigenvalue weighted by Gasteiger charge is -2.12. The van der Waals surface area contributed by atoms with E-state index in [1.165, 1.54) is 16.7 Å². The molecule has 0 aliphatic rings. The number of carbonyl (C=O) groups is 2. The van der Waals surface area contributed by atoms with E-state index in [2.05, 4.69) is 5.32 Å². The van der Waals surface area contributed by atoms with E-state index < -0.39 is 5.97 Å². The van der Waals surface area contributed by atoms with Gasteiger partial charge in [0.05, 0.1) is 11.3 Å². The van der Waals surface area contributed by atoms with E-state index in [9.17, 15) is 9.59 Å². The maximum absolute atomic E-state index is 11.7. The third kappa shape index (κ3) is 2.82. The second-order valence-corrected chi connectivity index (χ2v) is 4.25. The number of rotatable bonds is 5. The fraction of sp³-hybridized carbons (Fsp3) is 0.455. The highest BCUT2D eigenvalue weighted by Gasteiger charge is 2.18. The first-order valence-electron chi connectivity index (χ1n) is 5.20. The fourth-order valence-electron chi connectivity index (χ4n) is 1.45. The van der Waals surface area contributed by atoms with Gasteiger partial charge in [0.25, 0.3) is 0 Å². The van der Waals surface area contributed by atoms with Crippen LogP contribution in [0.15, 0.2) is 10.8 Å². The van der Waals surface area contributed by atoms with Crippen LogP contribution in [0.2, 0.25) is 0 Å². The molecule has 1 rings (SSSR count). The van der Waals surface area contributed by atoms with Gasteiger partial charge in [0.15, 0.2) is 0 Å². The zero-order valence-electron chi connectivity index (χ0n) is 9.32. The first-order valence-corrected chi connectivity index (χ1v) is 6.14. The molecule has 0 unspecified atom stereocenters. The van der Waals surface area contributed by atoms with Crippen LogP contribution in [0.4, 0.5) is 5.69 Å². The highest BCUT2D eigenvalue weighted by Crippen LogP contribution is 2.22. The van der Waals surface area contributed by atoms with Crippen molar-refractivity contribution < 1.29 is 14.7 Å². The predicted octanol–water partition coefficient (Wildman–Crippen LogP) is 2.82. The van der Waals surface area contributed by atoms with E-state index in [4.69, 9.17) is 5.11 Å². The average Bonchev–Trinajstić information content (AvgIpc) is 2.67. The van der Waals surface area contributed by atoms with Gasteiger partial charge >= 0.3 is 5.97 Å². The first-order chi connectivity index (χ1) is 7.60. The lowest BCUT2D eigenvalue weighted by molar-refractivity contribution is -0.120. The van der Waals surface area contributed by atoms with Gasteiger partial charge in [0, 0.05) is 16.7 Å². The summed E-state index contributed by atoms with van der Waals surface area (Å²) in [5.74, 6) is -1.17. The Hall–Kier alpha value is -1.36. The summed E-state index contributed by atoms with van der Waals surface area (Å²) in [6.07, 6.45) is 1.52. The van der Waals surface area contributed by atoms with E-state index >= 15 is 0 Å². The van der Waals surface area contributed by atoms with Crippen LogP contribution < -0.4 is 5.32 Å². The van der Waals surface area contributed by atoms with Crippen LogP contribution in [-0.2, 0) is 4.79 Å². The van der Waals surface area contributed by atoms with Crippen LogP contribution in [0.25, 0.3) is 0 Å². The normalized spacial score (nSPS) is 10.4. The molecule has 2 N–H and O–H groups in total. The lowest BCUT2D eigenvalue weighted by atomic mass is 10.0. The Morgan fingerprint density at radius 1 is 1.38 bits per heavy atom. The summed E-state index contributed by atoms with van der Waals surface area (Å²) in [4.78, 5) is 22.6. The van der Waals surface area contributed by atoms with E-state index in [0.29, 0.717) is 5.69 Å². The monoisotopic (exact) mass is 241 g/mol. The van der Waals surface area contributed by atoms with Crippen LogP contribution in [0.3, 0.4) is 0 Å². The standard InChI is InChI=1S/C11H15NO3S/c1-3-7(4-2)10(13)12-9-6-16-5-8(9)11(14)15/h5-7H,3-4H2,1-2H3,(H,12,13)(H,14,15). The molecule has 88 valence electrons. The topological polar surface area (TPSA) is 66.4 Å². The Balaban J connectivity index is 2.76. The molecule has 16 heavy (non-hydrogen) atoms. The molecule has 0 bridgehead atoms. The predicted molar refractivity (Wildman–Crippen MR) is 64.0 cm³/mol. The van der Waals surface area contributed by atoms with Gasteiger partial charge in [-0.3, -0.25) is 4.79 Å². The number of amides is 1. The van der Waals surface area contributed by atoms with Gasteiger partial charge in [-0.15, -0.1) is 11.3 Å². The third-order valence-corrected chi connectivity index (χ3v) is 3.25. The van der Waals surface area contributed by atoms with E-state index in [0.717, 1.165) is 12.8 Å². The van der Waals surface area contributed by atoms with E-state index in [1.807, 2.05) is 13.8 Å². The molecule has 0 saturated carbocycles. The summed E-state index contributed by atoms with van der Waals surface area (Å²) in [5.41, 5.74) is 0.554. The van der Waals surface area contributed by atoms with Crippen molar-refractivity contribution in [2.45, 2.75) is 26.7 Å². The number of anilines is 1. The van der Waals surface area contributed by atoms with Crippen molar-refractivity contribution in [3.05, 3.63) is 16.3 Å². The second kappa shape index (κ2) is 5.65. The molecule has 1 amide bonds. The highest BCUT2D eigenvalue weighted by atomic mass is 32.1. The number of carboxylic acids is 1. The molecule has 0 aromatic carbocycles. The van der Waals surface area contributed by atoms with Gasteiger partial charge in [0.2, 0.25) is 5.91 Å². The number of carboxylic acid groups (broad SMARTS) is 1. The van der Waals surface area contributed by atoms with E-state index in [1.54, 1.807) is 5.38 Å². The van der Waals surface area contributed by atoms with Crippen LogP contribution >= 0.6 is 11.3 Å². The molecule has 0 spiro atoms. The quantitative estimate of drug-likeness (QED) is 0.833. The average molecular weight is 241 g/mol. The van der Waals surface area contributed by atoms with Crippen molar-refractivity contribution in [1.82, 2.24) is 0 Å². The largest absolute Gasteiger partial charge is 0.478 e. The SMILES string of the molecule is CCC(CC)C(=O)Nc1cscc1C(=O)O. The zero-order chi connectivity index (χ0) is 12.1. The maximum atomic E-state index is 11.7. The van der Waals surface area contributed by atoms with Crippen LogP contribution in [-0.4, -0.2) is 17.0 Å². The Labute approximate surface area is 98.3 Å². The van der Waals surface area contributed by atoms with Gasteiger partial charge < -0.3 is 10.4 Å². The van der Waals surface area contributed by atoms with Gasteiger partial charge in [-0.25, -0.2) is 4.79 Å². The van der Waals surface area contributed by atoms with Crippen molar-refractivity contribution in [1.29, 1.82) is 0 Å².